The Labute approximate surface area is 234 Å². The molecule has 1 amide bonds. The van der Waals surface area contributed by atoms with Gasteiger partial charge in [-0.05, 0) is 74.0 Å². The number of carbonyl (C=O) groups excluding carboxylic acids is 1. The number of benzene rings is 3. The summed E-state index contributed by atoms with van der Waals surface area (Å²) in [5, 5.41) is 2.69. The molecule has 1 aromatic heterocycles. The molecule has 208 valence electrons. The second-order valence-corrected chi connectivity index (χ2v) is 12.6. The van der Waals surface area contributed by atoms with Gasteiger partial charge in [-0.25, -0.2) is 31.5 Å². The van der Waals surface area contributed by atoms with Crippen molar-refractivity contribution in [3.8, 4) is 0 Å². The van der Waals surface area contributed by atoms with Crippen molar-refractivity contribution in [2.75, 3.05) is 16.6 Å². The molecule has 0 bridgehead atoms. The van der Waals surface area contributed by atoms with Crippen molar-refractivity contribution < 1.29 is 21.6 Å². The summed E-state index contributed by atoms with van der Waals surface area (Å²) < 4.78 is 55.5. The number of nitrogens with zero attached hydrogens (tertiary/aromatic N) is 3. The number of hydrogen-bond acceptors (Lipinski definition) is 7. The summed E-state index contributed by atoms with van der Waals surface area (Å²) in [7, 11) is -7.71. The quantitative estimate of drug-likeness (QED) is 0.285. The molecule has 0 fully saturated rings. The lowest BCUT2D eigenvalue weighted by molar-refractivity contribution is 0.102. The predicted octanol–water partition coefficient (Wildman–Crippen LogP) is 4.36. The number of sulfonamides is 2. The minimum Gasteiger partial charge on any atom is -0.322 e. The summed E-state index contributed by atoms with van der Waals surface area (Å²) in [4.78, 5) is 21.0. The third kappa shape index (κ3) is 6.89. The fourth-order valence-corrected chi connectivity index (χ4v) is 6.33. The van der Waals surface area contributed by atoms with Crippen molar-refractivity contribution in [2.24, 2.45) is 0 Å². The van der Waals surface area contributed by atoms with Crippen LogP contribution in [-0.2, 0) is 26.6 Å². The smallest absolute Gasteiger partial charge is 0.264 e. The van der Waals surface area contributed by atoms with Crippen molar-refractivity contribution in [3.05, 3.63) is 107 Å². The summed E-state index contributed by atoms with van der Waals surface area (Å²) in [6, 6.07) is 22.3. The molecule has 0 spiro atoms. The molecule has 0 aliphatic heterocycles. The highest BCUT2D eigenvalue weighted by Crippen LogP contribution is 2.21. The summed E-state index contributed by atoms with van der Waals surface area (Å²) >= 11 is 0. The van der Waals surface area contributed by atoms with Gasteiger partial charge in [0.25, 0.3) is 15.9 Å². The summed E-state index contributed by atoms with van der Waals surface area (Å²) in [5.41, 5.74) is 2.74. The van der Waals surface area contributed by atoms with Crippen LogP contribution in [0.1, 0.15) is 34.2 Å². The predicted molar refractivity (Wildman–Crippen MR) is 153 cm³/mol. The van der Waals surface area contributed by atoms with Crippen LogP contribution < -0.4 is 10.0 Å². The van der Waals surface area contributed by atoms with Gasteiger partial charge in [0.05, 0.1) is 9.79 Å². The number of carbonyl (C=O) groups is 1. The van der Waals surface area contributed by atoms with E-state index in [1.165, 1.54) is 52.8 Å². The van der Waals surface area contributed by atoms with Gasteiger partial charge in [-0.15, -0.1) is 0 Å². The first-order chi connectivity index (χ1) is 19.0. The molecule has 12 heteroatoms. The van der Waals surface area contributed by atoms with Crippen LogP contribution in [-0.4, -0.2) is 43.6 Å². The van der Waals surface area contributed by atoms with E-state index in [1.54, 1.807) is 26.8 Å². The van der Waals surface area contributed by atoms with Crippen molar-refractivity contribution >= 4 is 37.6 Å². The summed E-state index contributed by atoms with van der Waals surface area (Å²) in [5.74, 6) is -0.500. The molecule has 4 aromatic rings. The zero-order valence-corrected chi connectivity index (χ0v) is 23.8. The van der Waals surface area contributed by atoms with Crippen LogP contribution in [0.2, 0.25) is 0 Å². The molecular weight excluding hydrogens is 550 g/mol. The second kappa shape index (κ2) is 11.9. The molecule has 0 unspecified atom stereocenters. The molecule has 0 saturated carbocycles. The SMILES string of the molecule is CCN(Cc1ccccc1)S(=O)(=O)c1ccc(C(=O)Nc2ccc(S(=O)(=O)Nc3nc(C)cc(C)n3)cc2)cc1. The fourth-order valence-electron chi connectivity index (χ4n) is 3.95. The van der Waals surface area contributed by atoms with Crippen molar-refractivity contribution in [1.29, 1.82) is 0 Å². The van der Waals surface area contributed by atoms with E-state index in [1.807, 2.05) is 30.3 Å². The normalized spacial score (nSPS) is 11.8. The average Bonchev–Trinajstić information content (AvgIpc) is 2.91. The zero-order valence-electron chi connectivity index (χ0n) is 22.2. The molecule has 0 aliphatic carbocycles. The van der Waals surface area contributed by atoms with Gasteiger partial charge in [-0.2, -0.15) is 4.31 Å². The Bertz CT molecular complexity index is 1690. The number of anilines is 2. The Morgan fingerprint density at radius 1 is 0.800 bits per heavy atom. The molecule has 0 saturated heterocycles. The van der Waals surface area contributed by atoms with E-state index >= 15 is 0 Å². The Kier molecular flexibility index (Phi) is 8.62. The van der Waals surface area contributed by atoms with Crippen LogP contribution in [0.5, 0.6) is 0 Å². The largest absolute Gasteiger partial charge is 0.322 e. The number of rotatable bonds is 10. The molecule has 1 heterocycles. The number of hydrogen-bond donors (Lipinski definition) is 2. The molecule has 4 rings (SSSR count). The van der Waals surface area contributed by atoms with Crippen LogP contribution in [0, 0.1) is 13.8 Å². The Morgan fingerprint density at radius 3 is 1.95 bits per heavy atom. The maximum atomic E-state index is 13.2. The van der Waals surface area contributed by atoms with Gasteiger partial charge in [0, 0.05) is 35.7 Å². The van der Waals surface area contributed by atoms with Crippen LogP contribution >= 0.6 is 0 Å². The highest BCUT2D eigenvalue weighted by molar-refractivity contribution is 7.92. The molecule has 40 heavy (non-hydrogen) atoms. The third-order valence-electron chi connectivity index (χ3n) is 5.94. The standard InChI is InChI=1S/C28H29N5O5S2/c1-4-33(19-22-8-6-5-7-9-22)40(37,38)26-14-10-23(11-15-26)27(34)31-24-12-16-25(17-13-24)39(35,36)32-28-29-20(2)18-21(3)30-28/h5-18H,4,19H2,1-3H3,(H,31,34)(H,29,30,32). The first kappa shape index (κ1) is 28.9. The van der Waals surface area contributed by atoms with Crippen LogP contribution in [0.4, 0.5) is 11.6 Å². The maximum Gasteiger partial charge on any atom is 0.264 e. The van der Waals surface area contributed by atoms with Crippen molar-refractivity contribution in [3.63, 3.8) is 0 Å². The molecule has 0 aliphatic rings. The average molecular weight is 580 g/mol. The topological polar surface area (TPSA) is 138 Å². The highest BCUT2D eigenvalue weighted by Gasteiger charge is 2.23. The van der Waals surface area contributed by atoms with Gasteiger partial charge >= 0.3 is 0 Å². The van der Waals surface area contributed by atoms with E-state index in [-0.39, 0.29) is 27.8 Å². The number of aryl methyl sites for hydroxylation is 2. The molecule has 0 radical (unpaired) electrons. The Hall–Kier alpha value is -4.13. The zero-order chi connectivity index (χ0) is 28.9. The van der Waals surface area contributed by atoms with Crippen LogP contribution in [0.25, 0.3) is 0 Å². The minimum atomic E-state index is -3.94. The minimum absolute atomic E-state index is 0.0255. The lowest BCUT2D eigenvalue weighted by Gasteiger charge is -2.20. The summed E-state index contributed by atoms with van der Waals surface area (Å²) in [6.07, 6.45) is 0. The second-order valence-electron chi connectivity index (χ2n) is 9.00. The first-order valence-electron chi connectivity index (χ1n) is 12.4. The van der Waals surface area contributed by atoms with Gasteiger partial charge < -0.3 is 5.32 Å². The number of amides is 1. The number of nitrogens with one attached hydrogen (secondary N) is 2. The van der Waals surface area contributed by atoms with Crippen molar-refractivity contribution in [2.45, 2.75) is 37.1 Å². The maximum absolute atomic E-state index is 13.2. The van der Waals surface area contributed by atoms with E-state index in [0.717, 1.165) is 5.56 Å². The van der Waals surface area contributed by atoms with Gasteiger partial charge in [0.1, 0.15) is 0 Å². The van der Waals surface area contributed by atoms with E-state index in [4.69, 9.17) is 0 Å². The lowest BCUT2D eigenvalue weighted by atomic mass is 10.2. The van der Waals surface area contributed by atoms with Gasteiger partial charge in [0.15, 0.2) is 0 Å². The monoisotopic (exact) mass is 579 g/mol. The lowest BCUT2D eigenvalue weighted by Crippen LogP contribution is -2.30. The van der Waals surface area contributed by atoms with Crippen molar-refractivity contribution in [1.82, 2.24) is 14.3 Å². The van der Waals surface area contributed by atoms with Crippen LogP contribution in [0.15, 0.2) is 94.7 Å². The third-order valence-corrected chi connectivity index (χ3v) is 9.22. The fraction of sp³-hybridized carbons (Fsp3) is 0.179. The van der Waals surface area contributed by atoms with Gasteiger partial charge in [-0.3, -0.25) is 4.79 Å². The molecule has 10 nitrogen and oxygen atoms in total. The van der Waals surface area contributed by atoms with E-state index in [2.05, 4.69) is 20.0 Å². The van der Waals surface area contributed by atoms with E-state index in [0.29, 0.717) is 23.6 Å². The Morgan fingerprint density at radius 2 is 1.38 bits per heavy atom. The number of aromatic nitrogens is 2. The van der Waals surface area contributed by atoms with Gasteiger partial charge in [0.2, 0.25) is 16.0 Å². The van der Waals surface area contributed by atoms with E-state index in [9.17, 15) is 21.6 Å². The molecule has 3 aromatic carbocycles. The van der Waals surface area contributed by atoms with Gasteiger partial charge in [-0.1, -0.05) is 37.3 Å². The molecule has 0 atom stereocenters. The molecule has 2 N–H and O–H groups in total. The highest BCUT2D eigenvalue weighted by atomic mass is 32.2. The Balaban J connectivity index is 1.43. The summed E-state index contributed by atoms with van der Waals surface area (Å²) in [6.45, 7) is 5.77. The van der Waals surface area contributed by atoms with E-state index < -0.39 is 26.0 Å². The molecular formula is C28H29N5O5S2. The first-order valence-corrected chi connectivity index (χ1v) is 15.3. The van der Waals surface area contributed by atoms with Crippen LogP contribution in [0.3, 0.4) is 0 Å².